The number of rotatable bonds is 6. The Labute approximate surface area is 107 Å². The van der Waals surface area contributed by atoms with Crippen LogP contribution in [0.4, 0.5) is 5.69 Å². The lowest BCUT2D eigenvalue weighted by atomic mass is 10.1. The molecule has 1 rings (SSSR count). The van der Waals surface area contributed by atoms with Gasteiger partial charge in [-0.05, 0) is 54.1 Å². The maximum Gasteiger partial charge on any atom is 0.0352 e. The zero-order chi connectivity index (χ0) is 11.1. The molecule has 1 unspecified atom stereocenters. The smallest absolute Gasteiger partial charge is 0.0352 e. The Balaban J connectivity index is 2.34. The highest BCUT2D eigenvalue weighted by atomic mass is 127. The molecule has 0 bridgehead atoms. The molecule has 1 nitrogen and oxygen atoms in total. The molecule has 15 heavy (non-hydrogen) atoms. The molecule has 2 heteroatoms. The molecule has 0 aromatic heterocycles. The van der Waals surface area contributed by atoms with E-state index in [2.05, 4.69) is 66.0 Å². The molecule has 84 valence electrons. The van der Waals surface area contributed by atoms with Crippen molar-refractivity contribution >= 4 is 28.3 Å². The van der Waals surface area contributed by atoms with Crippen LogP contribution in [-0.2, 0) is 0 Å². The molecule has 1 N–H and O–H groups in total. The van der Waals surface area contributed by atoms with Crippen LogP contribution in [0, 0.1) is 3.57 Å². The predicted octanol–water partition coefficient (Wildman–Crippen LogP) is 4.67. The van der Waals surface area contributed by atoms with Crippen molar-refractivity contribution in [1.82, 2.24) is 0 Å². The van der Waals surface area contributed by atoms with Gasteiger partial charge in [0, 0.05) is 15.3 Å². The summed E-state index contributed by atoms with van der Waals surface area (Å²) in [4.78, 5) is 0. The summed E-state index contributed by atoms with van der Waals surface area (Å²) in [5.41, 5.74) is 1.24. The van der Waals surface area contributed by atoms with Crippen molar-refractivity contribution in [3.05, 3.63) is 27.8 Å². The van der Waals surface area contributed by atoms with Gasteiger partial charge in [-0.1, -0.05) is 32.3 Å². The van der Waals surface area contributed by atoms with Gasteiger partial charge in [0.2, 0.25) is 0 Å². The Morgan fingerprint density at radius 2 is 2.13 bits per heavy atom. The number of nitrogens with one attached hydrogen (secondary N) is 1. The zero-order valence-electron chi connectivity index (χ0n) is 9.59. The number of anilines is 1. The zero-order valence-corrected chi connectivity index (χ0v) is 11.8. The van der Waals surface area contributed by atoms with Gasteiger partial charge in [-0.15, -0.1) is 0 Å². The van der Waals surface area contributed by atoms with Crippen molar-refractivity contribution in [1.29, 1.82) is 0 Å². The lowest BCUT2D eigenvalue weighted by Gasteiger charge is -2.15. The van der Waals surface area contributed by atoms with Crippen LogP contribution in [0.15, 0.2) is 24.3 Å². The summed E-state index contributed by atoms with van der Waals surface area (Å²) in [7, 11) is 0. The number of benzene rings is 1. The largest absolute Gasteiger partial charge is 0.383 e. The number of hydrogen-bond donors (Lipinski definition) is 1. The van der Waals surface area contributed by atoms with Gasteiger partial charge in [0.1, 0.15) is 0 Å². The van der Waals surface area contributed by atoms with Gasteiger partial charge in [-0.2, -0.15) is 0 Å². The molecular weight excluding hydrogens is 297 g/mol. The van der Waals surface area contributed by atoms with Crippen LogP contribution < -0.4 is 5.32 Å². The van der Waals surface area contributed by atoms with E-state index in [4.69, 9.17) is 0 Å². The molecule has 1 atom stereocenters. The van der Waals surface area contributed by atoms with Crippen molar-refractivity contribution in [2.75, 3.05) is 5.32 Å². The molecule has 1 aromatic carbocycles. The molecule has 1 aromatic rings. The molecule has 0 spiro atoms. The maximum atomic E-state index is 3.54. The summed E-state index contributed by atoms with van der Waals surface area (Å²) >= 11 is 2.35. The van der Waals surface area contributed by atoms with E-state index in [9.17, 15) is 0 Å². The van der Waals surface area contributed by atoms with Gasteiger partial charge >= 0.3 is 0 Å². The second kappa shape index (κ2) is 7.09. The van der Waals surface area contributed by atoms with Crippen molar-refractivity contribution in [2.24, 2.45) is 0 Å². The number of hydrogen-bond acceptors (Lipinski definition) is 1. The van der Waals surface area contributed by atoms with Gasteiger partial charge in [-0.25, -0.2) is 0 Å². The molecule has 0 fully saturated rings. The second-order valence-corrected chi connectivity index (χ2v) is 5.30. The Morgan fingerprint density at radius 3 is 2.80 bits per heavy atom. The van der Waals surface area contributed by atoms with E-state index < -0.39 is 0 Å². The molecule has 0 saturated heterocycles. The van der Waals surface area contributed by atoms with Crippen molar-refractivity contribution in [3.63, 3.8) is 0 Å². The van der Waals surface area contributed by atoms with Crippen molar-refractivity contribution in [2.45, 2.75) is 45.6 Å². The van der Waals surface area contributed by atoms with Crippen LogP contribution in [-0.4, -0.2) is 6.04 Å². The Morgan fingerprint density at radius 1 is 1.33 bits per heavy atom. The van der Waals surface area contributed by atoms with Gasteiger partial charge in [0.25, 0.3) is 0 Å². The normalized spacial score (nSPS) is 12.5. The predicted molar refractivity (Wildman–Crippen MR) is 76.4 cm³/mol. The molecule has 0 aliphatic carbocycles. The fourth-order valence-electron chi connectivity index (χ4n) is 1.64. The lowest BCUT2D eigenvalue weighted by Crippen LogP contribution is -2.14. The van der Waals surface area contributed by atoms with Gasteiger partial charge in [0.15, 0.2) is 0 Å². The van der Waals surface area contributed by atoms with E-state index in [-0.39, 0.29) is 0 Å². The summed E-state index contributed by atoms with van der Waals surface area (Å²) in [6, 6.07) is 9.13. The summed E-state index contributed by atoms with van der Waals surface area (Å²) < 4.78 is 1.29. The number of halogens is 1. The third-order valence-corrected chi connectivity index (χ3v) is 3.15. The Kier molecular flexibility index (Phi) is 6.06. The minimum absolute atomic E-state index is 0.578. The highest BCUT2D eigenvalue weighted by Crippen LogP contribution is 2.15. The van der Waals surface area contributed by atoms with Gasteiger partial charge in [0.05, 0.1) is 0 Å². The lowest BCUT2D eigenvalue weighted by molar-refractivity contribution is 0.615. The van der Waals surface area contributed by atoms with Crippen molar-refractivity contribution in [3.8, 4) is 0 Å². The third-order valence-electron chi connectivity index (χ3n) is 2.48. The fraction of sp³-hybridized carbons (Fsp3) is 0.538. The van der Waals surface area contributed by atoms with Crippen LogP contribution in [0.3, 0.4) is 0 Å². The van der Waals surface area contributed by atoms with E-state index >= 15 is 0 Å². The van der Waals surface area contributed by atoms with E-state index in [1.807, 2.05) is 0 Å². The van der Waals surface area contributed by atoms with E-state index in [1.54, 1.807) is 0 Å². The first kappa shape index (κ1) is 12.8. The summed E-state index contributed by atoms with van der Waals surface area (Å²) in [5, 5.41) is 3.54. The summed E-state index contributed by atoms with van der Waals surface area (Å²) in [6.07, 6.45) is 5.24. The minimum atomic E-state index is 0.578. The van der Waals surface area contributed by atoms with Crippen LogP contribution in [0.1, 0.15) is 39.5 Å². The molecule has 0 aliphatic rings. The minimum Gasteiger partial charge on any atom is -0.383 e. The van der Waals surface area contributed by atoms with Crippen molar-refractivity contribution < 1.29 is 0 Å². The van der Waals surface area contributed by atoms with Gasteiger partial charge < -0.3 is 5.32 Å². The fourth-order valence-corrected chi connectivity index (χ4v) is 2.18. The molecule has 0 aliphatic heterocycles. The molecule has 0 saturated carbocycles. The Bertz CT molecular complexity index is 286. The first-order chi connectivity index (χ1) is 7.22. The maximum absolute atomic E-state index is 3.54. The average molecular weight is 317 g/mol. The SMILES string of the molecule is CCCCCC(C)Nc1cccc(I)c1. The van der Waals surface area contributed by atoms with Crippen LogP contribution in [0.5, 0.6) is 0 Å². The third kappa shape index (κ3) is 5.40. The van der Waals surface area contributed by atoms with E-state index in [0.717, 1.165) is 0 Å². The van der Waals surface area contributed by atoms with Crippen LogP contribution in [0.25, 0.3) is 0 Å². The highest BCUT2D eigenvalue weighted by molar-refractivity contribution is 14.1. The molecule has 0 amide bonds. The molecule has 0 radical (unpaired) electrons. The van der Waals surface area contributed by atoms with Crippen LogP contribution >= 0.6 is 22.6 Å². The number of unbranched alkanes of at least 4 members (excludes halogenated alkanes) is 2. The van der Waals surface area contributed by atoms with E-state index in [0.29, 0.717) is 6.04 Å². The second-order valence-electron chi connectivity index (χ2n) is 4.05. The standard InChI is InChI=1S/C13H20IN/c1-3-4-5-7-11(2)15-13-9-6-8-12(14)10-13/h6,8-11,15H,3-5,7H2,1-2H3. The quantitative estimate of drug-likeness (QED) is 0.594. The molecular formula is C13H20IN. The Hall–Kier alpha value is -0.250. The summed E-state index contributed by atoms with van der Waals surface area (Å²) in [6.45, 7) is 4.51. The first-order valence-corrected chi connectivity index (χ1v) is 6.82. The summed E-state index contributed by atoms with van der Waals surface area (Å²) in [5.74, 6) is 0. The highest BCUT2D eigenvalue weighted by Gasteiger charge is 2.01. The monoisotopic (exact) mass is 317 g/mol. The van der Waals surface area contributed by atoms with Crippen LogP contribution in [0.2, 0.25) is 0 Å². The van der Waals surface area contributed by atoms with Gasteiger partial charge in [-0.3, -0.25) is 0 Å². The molecule has 0 heterocycles. The first-order valence-electron chi connectivity index (χ1n) is 5.74. The average Bonchev–Trinajstić information content (AvgIpc) is 2.18. The topological polar surface area (TPSA) is 12.0 Å². The van der Waals surface area contributed by atoms with E-state index in [1.165, 1.54) is 34.9 Å².